The van der Waals surface area contributed by atoms with Crippen LogP contribution < -0.4 is 30.2 Å². The van der Waals surface area contributed by atoms with Crippen LogP contribution in [0.1, 0.15) is 30.1 Å². The SMILES string of the molecule is C1=c2c(n(-c3ccc(C4OCCO4)cc3)c3ccccc23)=CCC1N(c1ccccc1)c1ccc(N(c2ccc(N(c3ccccc3)c3ccccc3)cc2)c2ccc(N(c3ccccc3)c3ccc4c(c3)c3ccccc3n4-c3ccc(C4OCCO4)cc3)cc2)cc1. The van der Waals surface area contributed by atoms with Crippen LogP contribution in [0.2, 0.25) is 0 Å². The molecule has 10 nitrogen and oxygen atoms in total. The second-order valence-electron chi connectivity index (χ2n) is 24.0. The van der Waals surface area contributed by atoms with Gasteiger partial charge in [-0.1, -0.05) is 146 Å². The van der Waals surface area contributed by atoms with Gasteiger partial charge in [-0.25, -0.2) is 0 Å². The standard InChI is InChI=1S/C84H66N6O4/c1-5-17-61(18-6-1)85(62-19-7-2-8-20-62)65-37-39-66(40-38-65)86(67-41-45-69(46-42-67)87(63-21-9-3-10-22-63)73-49-51-81-77(57-73)75-25-13-15-27-79(75)89(81)71-33-29-59(30-34-71)83-91-53-54-92-83)68-43-47-70(48-44-68)88(64-23-11-4-12-24-64)74-50-52-82-78(58-74)76-26-14-16-28-80(76)90(82)72-35-31-60(32-36-72)84-93-55-56-94-84/h1-49,51-52,57-58,74,83-84H,50,53-56H2. The highest BCUT2D eigenvalue weighted by molar-refractivity contribution is 6.11. The lowest BCUT2D eigenvalue weighted by atomic mass is 10.0. The van der Waals surface area contributed by atoms with Crippen LogP contribution in [-0.4, -0.2) is 41.6 Å². The Morgan fingerprint density at radius 1 is 0.287 bits per heavy atom. The Morgan fingerprint density at radius 2 is 0.628 bits per heavy atom. The lowest BCUT2D eigenvalue weighted by Crippen LogP contribution is -2.39. The Labute approximate surface area is 546 Å². The molecule has 2 aromatic heterocycles. The lowest BCUT2D eigenvalue weighted by molar-refractivity contribution is -0.0443. The molecule has 0 bridgehead atoms. The fourth-order valence-corrected chi connectivity index (χ4v) is 14.1. The number of para-hydroxylation sites is 6. The van der Waals surface area contributed by atoms with Crippen LogP contribution in [0.3, 0.4) is 0 Å². The van der Waals surface area contributed by atoms with Crippen molar-refractivity contribution in [2.24, 2.45) is 0 Å². The topological polar surface area (TPSA) is 59.7 Å². The van der Waals surface area contributed by atoms with E-state index >= 15 is 0 Å². The minimum atomic E-state index is -0.329. The summed E-state index contributed by atoms with van der Waals surface area (Å²) in [5, 5.41) is 6.00. The largest absolute Gasteiger partial charge is 0.346 e. The maximum absolute atomic E-state index is 5.85. The van der Waals surface area contributed by atoms with Crippen LogP contribution in [0.25, 0.3) is 56.2 Å². The van der Waals surface area contributed by atoms with Gasteiger partial charge in [0.15, 0.2) is 12.6 Å². The van der Waals surface area contributed by atoms with Gasteiger partial charge in [0.25, 0.3) is 0 Å². The van der Waals surface area contributed by atoms with Crippen molar-refractivity contribution in [2.45, 2.75) is 25.0 Å². The van der Waals surface area contributed by atoms with E-state index in [4.69, 9.17) is 18.9 Å². The Hall–Kier alpha value is -11.2. The van der Waals surface area contributed by atoms with Crippen LogP contribution in [0.4, 0.5) is 62.6 Å². The molecule has 3 aliphatic rings. The van der Waals surface area contributed by atoms with Gasteiger partial charge >= 0.3 is 0 Å². The first-order valence-corrected chi connectivity index (χ1v) is 32.4. The molecule has 4 heterocycles. The van der Waals surface area contributed by atoms with Gasteiger partial charge in [0.2, 0.25) is 0 Å². The Morgan fingerprint density at radius 3 is 1.10 bits per heavy atom. The first kappa shape index (κ1) is 56.7. The number of fused-ring (bicyclic) bond motifs is 6. The Bertz CT molecular complexity index is 5070. The minimum Gasteiger partial charge on any atom is -0.346 e. The van der Waals surface area contributed by atoms with Crippen LogP contribution in [0.5, 0.6) is 0 Å². The molecular formula is C84H66N6O4. The number of hydrogen-bond donors (Lipinski definition) is 0. The van der Waals surface area contributed by atoms with E-state index in [2.05, 4.69) is 350 Å². The van der Waals surface area contributed by atoms with E-state index in [1.54, 1.807) is 0 Å². The number of ether oxygens (including phenoxy) is 4. The molecule has 1 unspecified atom stereocenters. The maximum Gasteiger partial charge on any atom is 0.184 e. The smallest absolute Gasteiger partial charge is 0.184 e. The first-order chi connectivity index (χ1) is 46.6. The van der Waals surface area contributed by atoms with Gasteiger partial charge in [-0.2, -0.15) is 0 Å². The number of anilines is 11. The zero-order chi connectivity index (χ0) is 62.3. The van der Waals surface area contributed by atoms with Crippen molar-refractivity contribution in [2.75, 3.05) is 46.0 Å². The zero-order valence-electron chi connectivity index (χ0n) is 51.7. The van der Waals surface area contributed by atoms with Crippen molar-refractivity contribution in [3.05, 3.63) is 331 Å². The molecule has 2 fully saturated rings. The van der Waals surface area contributed by atoms with Crippen LogP contribution in [-0.2, 0) is 18.9 Å². The molecular weight excluding hydrogens is 1160 g/mol. The minimum absolute atomic E-state index is 0.0181. The Kier molecular flexibility index (Phi) is 14.9. The molecule has 10 heteroatoms. The first-order valence-electron chi connectivity index (χ1n) is 32.4. The van der Waals surface area contributed by atoms with Gasteiger partial charge in [0.1, 0.15) is 0 Å². The third kappa shape index (κ3) is 10.5. The van der Waals surface area contributed by atoms with E-state index < -0.39 is 0 Å². The van der Waals surface area contributed by atoms with Gasteiger partial charge in [-0.15, -0.1) is 0 Å². The summed E-state index contributed by atoms with van der Waals surface area (Å²) in [4.78, 5) is 9.53. The summed E-state index contributed by atoms with van der Waals surface area (Å²) in [5.41, 5.74) is 19.3. The molecule has 0 amide bonds. The number of rotatable bonds is 16. The molecule has 12 aromatic carbocycles. The fraction of sp³-hybridized carbons (Fsp3) is 0.0952. The lowest BCUT2D eigenvalue weighted by Gasteiger charge is -2.33. The van der Waals surface area contributed by atoms with E-state index in [1.807, 2.05) is 0 Å². The van der Waals surface area contributed by atoms with Crippen molar-refractivity contribution in [3.63, 3.8) is 0 Å². The number of aromatic nitrogens is 2. The van der Waals surface area contributed by atoms with Gasteiger partial charge in [0, 0.05) is 112 Å². The predicted molar refractivity (Wildman–Crippen MR) is 383 cm³/mol. The van der Waals surface area contributed by atoms with Crippen molar-refractivity contribution in [1.29, 1.82) is 0 Å². The van der Waals surface area contributed by atoms with E-state index in [0.29, 0.717) is 26.4 Å². The van der Waals surface area contributed by atoms with E-state index in [-0.39, 0.29) is 18.6 Å². The summed E-state index contributed by atoms with van der Waals surface area (Å²) < 4.78 is 28.2. The molecule has 0 saturated carbocycles. The average molecular weight is 1220 g/mol. The molecule has 17 rings (SSSR count). The van der Waals surface area contributed by atoms with Crippen molar-refractivity contribution in [3.8, 4) is 11.4 Å². The maximum atomic E-state index is 5.85. The van der Waals surface area contributed by atoms with Gasteiger partial charge in [-0.05, 0) is 182 Å². The number of hydrogen-bond acceptors (Lipinski definition) is 8. The van der Waals surface area contributed by atoms with Crippen molar-refractivity contribution < 1.29 is 18.9 Å². The molecule has 0 radical (unpaired) electrons. The third-order valence-electron chi connectivity index (χ3n) is 18.4. The van der Waals surface area contributed by atoms with E-state index in [1.165, 1.54) is 32.2 Å². The normalized spacial score (nSPS) is 14.8. The number of benzene rings is 12. The molecule has 0 spiro atoms. The average Bonchev–Trinajstić information content (AvgIpc) is 1.62. The highest BCUT2D eigenvalue weighted by atomic mass is 16.7. The highest BCUT2D eigenvalue weighted by Gasteiger charge is 2.26. The molecule has 14 aromatic rings. The summed E-state index contributed by atoms with van der Waals surface area (Å²) in [6, 6.07) is 111. The highest BCUT2D eigenvalue weighted by Crippen LogP contribution is 2.45. The third-order valence-corrected chi connectivity index (χ3v) is 18.4. The summed E-state index contributed by atoms with van der Waals surface area (Å²) in [5.74, 6) is 0. The van der Waals surface area contributed by atoms with Crippen molar-refractivity contribution in [1.82, 2.24) is 9.13 Å². The molecule has 94 heavy (non-hydrogen) atoms. The van der Waals surface area contributed by atoms with Gasteiger partial charge in [0.05, 0.1) is 49.0 Å². The van der Waals surface area contributed by atoms with Crippen LogP contribution in [0.15, 0.2) is 309 Å². The summed E-state index contributed by atoms with van der Waals surface area (Å²) in [6.45, 7) is 2.44. The fourth-order valence-electron chi connectivity index (χ4n) is 14.1. The van der Waals surface area contributed by atoms with E-state index in [0.717, 1.165) is 103 Å². The Balaban J connectivity index is 0.750. The summed E-state index contributed by atoms with van der Waals surface area (Å²) in [7, 11) is 0. The van der Waals surface area contributed by atoms with Crippen LogP contribution in [0, 0.1) is 0 Å². The monoisotopic (exact) mass is 1220 g/mol. The molecule has 456 valence electrons. The van der Waals surface area contributed by atoms with Gasteiger partial charge < -0.3 is 47.7 Å². The zero-order valence-corrected chi connectivity index (χ0v) is 51.7. The molecule has 1 atom stereocenters. The molecule has 2 aliphatic heterocycles. The van der Waals surface area contributed by atoms with Crippen LogP contribution >= 0.6 is 0 Å². The second-order valence-corrected chi connectivity index (χ2v) is 24.0. The quantitative estimate of drug-likeness (QED) is 0.0948. The molecule has 1 aliphatic carbocycles. The van der Waals surface area contributed by atoms with Gasteiger partial charge in [-0.3, -0.25) is 0 Å². The number of nitrogens with zero attached hydrogens (tertiary/aromatic N) is 6. The molecule has 0 N–H and O–H groups in total. The predicted octanol–water partition coefficient (Wildman–Crippen LogP) is 19.4. The molecule has 2 saturated heterocycles. The summed E-state index contributed by atoms with van der Waals surface area (Å²) in [6.07, 6.45) is 5.05. The second kappa shape index (κ2) is 24.8. The summed E-state index contributed by atoms with van der Waals surface area (Å²) >= 11 is 0. The van der Waals surface area contributed by atoms with E-state index in [9.17, 15) is 0 Å². The van der Waals surface area contributed by atoms with Crippen molar-refractivity contribution >= 4 is 107 Å².